The van der Waals surface area contributed by atoms with Crippen LogP contribution in [0.25, 0.3) is 10.9 Å². The van der Waals surface area contributed by atoms with Gasteiger partial charge in [-0.15, -0.1) is 0 Å². The standard InChI is InChI=1S/C16H13ClN4O/c17-16-20-13-9-5-4-8-12(13)15(21-16)18-10-14(22)19-11-6-2-1-3-7-11/h1-9H,10H2,(H,19,22)(H,18,20,21). The number of aromatic nitrogens is 2. The van der Waals surface area contributed by atoms with E-state index in [9.17, 15) is 4.79 Å². The zero-order valence-electron chi connectivity index (χ0n) is 11.6. The Morgan fingerprint density at radius 3 is 2.55 bits per heavy atom. The number of carbonyl (C=O) groups is 1. The molecule has 22 heavy (non-hydrogen) atoms. The van der Waals surface area contributed by atoms with E-state index in [4.69, 9.17) is 11.6 Å². The number of hydrogen-bond donors (Lipinski definition) is 2. The highest BCUT2D eigenvalue weighted by molar-refractivity contribution is 6.28. The minimum absolute atomic E-state index is 0.0895. The van der Waals surface area contributed by atoms with Gasteiger partial charge in [0, 0.05) is 11.1 Å². The molecule has 2 N–H and O–H groups in total. The lowest BCUT2D eigenvalue weighted by Crippen LogP contribution is -2.22. The highest BCUT2D eigenvalue weighted by Crippen LogP contribution is 2.21. The van der Waals surface area contributed by atoms with Crippen LogP contribution in [0.15, 0.2) is 54.6 Å². The second kappa shape index (κ2) is 6.41. The summed E-state index contributed by atoms with van der Waals surface area (Å²) >= 11 is 5.91. The Labute approximate surface area is 132 Å². The van der Waals surface area contributed by atoms with Crippen LogP contribution < -0.4 is 10.6 Å². The van der Waals surface area contributed by atoms with Gasteiger partial charge in [-0.1, -0.05) is 30.3 Å². The van der Waals surface area contributed by atoms with Crippen molar-refractivity contribution in [3.05, 3.63) is 59.9 Å². The van der Waals surface area contributed by atoms with Crippen molar-refractivity contribution < 1.29 is 4.79 Å². The second-order valence-electron chi connectivity index (χ2n) is 4.63. The van der Waals surface area contributed by atoms with Crippen LogP contribution in [0.1, 0.15) is 0 Å². The van der Waals surface area contributed by atoms with Gasteiger partial charge in [0.15, 0.2) is 0 Å². The number of para-hydroxylation sites is 2. The van der Waals surface area contributed by atoms with Crippen molar-refractivity contribution in [2.24, 2.45) is 0 Å². The van der Waals surface area contributed by atoms with Gasteiger partial charge in [-0.3, -0.25) is 4.79 Å². The quantitative estimate of drug-likeness (QED) is 0.725. The Kier molecular flexibility index (Phi) is 4.16. The summed E-state index contributed by atoms with van der Waals surface area (Å²) in [5, 5.41) is 6.76. The summed E-state index contributed by atoms with van der Waals surface area (Å²) in [5.41, 5.74) is 1.48. The smallest absolute Gasteiger partial charge is 0.243 e. The fourth-order valence-corrected chi connectivity index (χ4v) is 2.25. The van der Waals surface area contributed by atoms with Crippen molar-refractivity contribution in [3.63, 3.8) is 0 Å². The van der Waals surface area contributed by atoms with Crippen molar-refractivity contribution in [1.82, 2.24) is 9.97 Å². The molecule has 2 aromatic carbocycles. The molecule has 1 heterocycles. The fraction of sp³-hybridized carbons (Fsp3) is 0.0625. The number of nitrogens with one attached hydrogen (secondary N) is 2. The minimum atomic E-state index is -0.162. The molecule has 3 aromatic rings. The van der Waals surface area contributed by atoms with Crippen LogP contribution in [0.5, 0.6) is 0 Å². The maximum Gasteiger partial charge on any atom is 0.243 e. The molecule has 0 saturated carbocycles. The number of benzene rings is 2. The van der Waals surface area contributed by atoms with E-state index in [0.29, 0.717) is 5.82 Å². The monoisotopic (exact) mass is 312 g/mol. The van der Waals surface area contributed by atoms with Crippen molar-refractivity contribution in [3.8, 4) is 0 Å². The number of fused-ring (bicyclic) bond motifs is 1. The van der Waals surface area contributed by atoms with Crippen LogP contribution in [0.4, 0.5) is 11.5 Å². The van der Waals surface area contributed by atoms with Gasteiger partial charge in [0.2, 0.25) is 11.2 Å². The molecule has 5 nitrogen and oxygen atoms in total. The molecule has 1 aromatic heterocycles. The Bertz CT molecular complexity index is 808. The van der Waals surface area contributed by atoms with Gasteiger partial charge in [0.05, 0.1) is 12.1 Å². The lowest BCUT2D eigenvalue weighted by Gasteiger charge is -2.09. The summed E-state index contributed by atoms with van der Waals surface area (Å²) in [6, 6.07) is 16.8. The van der Waals surface area contributed by atoms with E-state index in [1.807, 2.05) is 54.6 Å². The molecule has 0 aliphatic heterocycles. The zero-order valence-corrected chi connectivity index (χ0v) is 12.3. The fourth-order valence-electron chi connectivity index (χ4n) is 2.07. The van der Waals surface area contributed by atoms with E-state index < -0.39 is 0 Å². The van der Waals surface area contributed by atoms with Crippen LogP contribution in [0, 0.1) is 0 Å². The minimum Gasteiger partial charge on any atom is -0.360 e. The van der Waals surface area contributed by atoms with Crippen molar-refractivity contribution >= 4 is 39.9 Å². The van der Waals surface area contributed by atoms with Gasteiger partial charge in [-0.25, -0.2) is 9.97 Å². The molecule has 0 saturated heterocycles. The lowest BCUT2D eigenvalue weighted by molar-refractivity contribution is -0.114. The van der Waals surface area contributed by atoms with Gasteiger partial charge < -0.3 is 10.6 Å². The normalized spacial score (nSPS) is 10.4. The molecule has 0 unspecified atom stereocenters. The second-order valence-corrected chi connectivity index (χ2v) is 4.96. The molecule has 0 aliphatic carbocycles. The summed E-state index contributed by atoms with van der Waals surface area (Å²) in [5.74, 6) is 0.379. The van der Waals surface area contributed by atoms with Gasteiger partial charge >= 0.3 is 0 Å². The molecule has 0 aliphatic rings. The molecule has 3 rings (SSSR count). The average molecular weight is 313 g/mol. The summed E-state index contributed by atoms with van der Waals surface area (Å²) < 4.78 is 0. The number of nitrogens with zero attached hydrogens (tertiary/aromatic N) is 2. The summed E-state index contributed by atoms with van der Waals surface area (Å²) in [6.07, 6.45) is 0. The van der Waals surface area contributed by atoms with Gasteiger partial charge in [0.25, 0.3) is 0 Å². The van der Waals surface area contributed by atoms with Crippen LogP contribution in [0.2, 0.25) is 5.28 Å². The predicted octanol–water partition coefficient (Wildman–Crippen LogP) is 3.33. The van der Waals surface area contributed by atoms with E-state index in [2.05, 4.69) is 20.6 Å². The predicted molar refractivity (Wildman–Crippen MR) is 88.1 cm³/mol. The Balaban J connectivity index is 1.72. The third kappa shape index (κ3) is 3.32. The number of rotatable bonds is 4. The first-order chi connectivity index (χ1) is 10.7. The van der Waals surface area contributed by atoms with Crippen LogP contribution in [0.3, 0.4) is 0 Å². The Morgan fingerprint density at radius 1 is 1.00 bits per heavy atom. The highest BCUT2D eigenvalue weighted by atomic mass is 35.5. The molecule has 0 radical (unpaired) electrons. The van der Waals surface area contributed by atoms with Gasteiger partial charge in [-0.05, 0) is 35.9 Å². The van der Waals surface area contributed by atoms with E-state index in [1.54, 1.807) is 0 Å². The third-order valence-electron chi connectivity index (χ3n) is 3.05. The van der Waals surface area contributed by atoms with Gasteiger partial charge in [-0.2, -0.15) is 0 Å². The molecule has 1 amide bonds. The van der Waals surface area contributed by atoms with Crippen LogP contribution >= 0.6 is 11.6 Å². The number of anilines is 2. The lowest BCUT2D eigenvalue weighted by atomic mass is 10.2. The first-order valence-corrected chi connectivity index (χ1v) is 7.11. The summed E-state index contributed by atoms with van der Waals surface area (Å²) in [4.78, 5) is 20.2. The van der Waals surface area contributed by atoms with Crippen LogP contribution in [-0.4, -0.2) is 22.4 Å². The van der Waals surface area contributed by atoms with E-state index in [0.717, 1.165) is 16.6 Å². The molecule has 0 spiro atoms. The van der Waals surface area contributed by atoms with E-state index in [-0.39, 0.29) is 17.7 Å². The molecular weight excluding hydrogens is 300 g/mol. The molecule has 0 bridgehead atoms. The van der Waals surface area contributed by atoms with E-state index in [1.165, 1.54) is 0 Å². The van der Waals surface area contributed by atoms with Crippen LogP contribution in [-0.2, 0) is 4.79 Å². The summed E-state index contributed by atoms with van der Waals surface area (Å²) in [7, 11) is 0. The molecule has 6 heteroatoms. The van der Waals surface area contributed by atoms with Crippen molar-refractivity contribution in [2.75, 3.05) is 17.2 Å². The average Bonchev–Trinajstić information content (AvgIpc) is 2.53. The summed E-state index contributed by atoms with van der Waals surface area (Å²) in [6.45, 7) is 0.0895. The number of hydrogen-bond acceptors (Lipinski definition) is 4. The molecule has 0 atom stereocenters. The Hall–Kier alpha value is -2.66. The Morgan fingerprint density at radius 2 is 1.73 bits per heavy atom. The van der Waals surface area contributed by atoms with E-state index >= 15 is 0 Å². The first kappa shape index (κ1) is 14.3. The first-order valence-electron chi connectivity index (χ1n) is 6.73. The van der Waals surface area contributed by atoms with Gasteiger partial charge in [0.1, 0.15) is 5.82 Å². The molecule has 0 fully saturated rings. The maximum absolute atomic E-state index is 12.0. The number of carbonyl (C=O) groups excluding carboxylic acids is 1. The number of halogens is 1. The third-order valence-corrected chi connectivity index (χ3v) is 3.22. The number of amides is 1. The maximum atomic E-state index is 12.0. The molecular formula is C16H13ClN4O. The highest BCUT2D eigenvalue weighted by Gasteiger charge is 2.08. The SMILES string of the molecule is O=C(CNc1nc(Cl)nc2ccccc12)Nc1ccccc1. The topological polar surface area (TPSA) is 66.9 Å². The largest absolute Gasteiger partial charge is 0.360 e. The molecule has 110 valence electrons. The zero-order chi connectivity index (χ0) is 15.4. The van der Waals surface area contributed by atoms with Crippen molar-refractivity contribution in [2.45, 2.75) is 0 Å². The van der Waals surface area contributed by atoms with Crippen molar-refractivity contribution in [1.29, 1.82) is 0 Å².